The first-order valence-electron chi connectivity index (χ1n) is 16.7. The minimum atomic E-state index is 0.605. The van der Waals surface area contributed by atoms with Crippen molar-refractivity contribution >= 4 is 31.5 Å². The average molecular weight is 669 g/mol. The Kier molecular flexibility index (Phi) is 7.70. The van der Waals surface area contributed by atoms with Crippen LogP contribution in [0.1, 0.15) is 5.56 Å². The number of benzene rings is 7. The van der Waals surface area contributed by atoms with Gasteiger partial charge in [-0.05, 0) is 63.7 Å². The van der Waals surface area contributed by atoms with Crippen LogP contribution in [0.2, 0.25) is 0 Å². The summed E-state index contributed by atoms with van der Waals surface area (Å²) < 4.78 is 2.42. The maximum absolute atomic E-state index is 9.37. The molecule has 0 bridgehead atoms. The molecular formula is C46H28N4S. The molecule has 0 atom stereocenters. The van der Waals surface area contributed by atoms with Crippen molar-refractivity contribution in [3.05, 3.63) is 175 Å². The first-order chi connectivity index (χ1) is 25.2. The molecule has 238 valence electrons. The number of rotatable bonds is 6. The lowest BCUT2D eigenvalue weighted by molar-refractivity contribution is 1.07. The van der Waals surface area contributed by atoms with Crippen LogP contribution in [-0.4, -0.2) is 15.0 Å². The van der Waals surface area contributed by atoms with E-state index in [9.17, 15) is 5.26 Å². The van der Waals surface area contributed by atoms with Crippen LogP contribution < -0.4 is 0 Å². The number of fused-ring (bicyclic) bond motifs is 3. The van der Waals surface area contributed by atoms with Crippen molar-refractivity contribution in [2.24, 2.45) is 0 Å². The number of nitrogens with zero attached hydrogens (tertiary/aromatic N) is 4. The molecule has 0 unspecified atom stereocenters. The standard InChI is InChI=1S/C46H28N4S/c47-29-30-10-7-15-35(26-30)32-20-22-34(23-21-32)45-48-44(33-13-5-2-6-14-33)49-46(50-45)38-24-25-40-42(28-38)51-41-19-9-18-39(43(40)41)37-17-8-16-36(27-37)31-11-3-1-4-12-31/h1-28H. The van der Waals surface area contributed by atoms with Gasteiger partial charge in [0.15, 0.2) is 17.5 Å². The Labute approximate surface area is 299 Å². The molecule has 4 nitrogen and oxygen atoms in total. The molecule has 0 radical (unpaired) electrons. The number of aromatic nitrogens is 3. The van der Waals surface area contributed by atoms with E-state index in [1.165, 1.54) is 42.4 Å². The zero-order valence-corrected chi connectivity index (χ0v) is 28.2. The third kappa shape index (κ3) is 5.84. The Balaban J connectivity index is 1.13. The highest BCUT2D eigenvalue weighted by molar-refractivity contribution is 7.26. The van der Waals surface area contributed by atoms with Gasteiger partial charge in [-0.25, -0.2) is 15.0 Å². The second-order valence-corrected chi connectivity index (χ2v) is 13.5. The second-order valence-electron chi connectivity index (χ2n) is 12.4. The summed E-state index contributed by atoms with van der Waals surface area (Å²) in [6.45, 7) is 0. The first kappa shape index (κ1) is 30.3. The van der Waals surface area contributed by atoms with Crippen LogP contribution in [0.5, 0.6) is 0 Å². The molecule has 51 heavy (non-hydrogen) atoms. The molecule has 0 saturated heterocycles. The minimum absolute atomic E-state index is 0.605. The van der Waals surface area contributed by atoms with Gasteiger partial charge in [0.2, 0.25) is 0 Å². The molecule has 5 heteroatoms. The van der Waals surface area contributed by atoms with Gasteiger partial charge in [0.25, 0.3) is 0 Å². The van der Waals surface area contributed by atoms with Crippen molar-refractivity contribution in [3.8, 4) is 73.6 Å². The van der Waals surface area contributed by atoms with E-state index in [-0.39, 0.29) is 0 Å². The summed E-state index contributed by atoms with van der Waals surface area (Å²) >= 11 is 1.79. The molecule has 0 fully saturated rings. The van der Waals surface area contributed by atoms with Crippen molar-refractivity contribution in [1.29, 1.82) is 5.26 Å². The van der Waals surface area contributed by atoms with Gasteiger partial charge < -0.3 is 0 Å². The van der Waals surface area contributed by atoms with Gasteiger partial charge in [0.05, 0.1) is 11.6 Å². The number of nitriles is 1. The molecule has 0 spiro atoms. The van der Waals surface area contributed by atoms with Gasteiger partial charge in [-0.3, -0.25) is 0 Å². The molecule has 9 aromatic rings. The number of hydrogen-bond acceptors (Lipinski definition) is 5. The quantitative estimate of drug-likeness (QED) is 0.177. The van der Waals surface area contributed by atoms with Crippen molar-refractivity contribution in [2.45, 2.75) is 0 Å². The molecule has 0 saturated carbocycles. The fraction of sp³-hybridized carbons (Fsp3) is 0. The lowest BCUT2D eigenvalue weighted by Gasteiger charge is -2.10. The molecule has 2 heterocycles. The monoisotopic (exact) mass is 668 g/mol. The van der Waals surface area contributed by atoms with E-state index in [0.717, 1.165) is 27.8 Å². The van der Waals surface area contributed by atoms with Crippen LogP contribution in [0.4, 0.5) is 0 Å². The lowest BCUT2D eigenvalue weighted by Crippen LogP contribution is -2.00. The molecule has 0 aliphatic carbocycles. The molecule has 0 N–H and O–H groups in total. The van der Waals surface area contributed by atoms with E-state index in [1.807, 2.05) is 78.9 Å². The van der Waals surface area contributed by atoms with Crippen LogP contribution in [0.3, 0.4) is 0 Å². The van der Waals surface area contributed by atoms with Crippen LogP contribution in [-0.2, 0) is 0 Å². The fourth-order valence-corrected chi connectivity index (χ4v) is 7.80. The maximum Gasteiger partial charge on any atom is 0.164 e. The lowest BCUT2D eigenvalue weighted by atomic mass is 9.96. The number of hydrogen-bond donors (Lipinski definition) is 0. The highest BCUT2D eigenvalue weighted by atomic mass is 32.1. The molecule has 0 aliphatic rings. The molecular weight excluding hydrogens is 641 g/mol. The molecule has 9 rings (SSSR count). The van der Waals surface area contributed by atoms with E-state index in [1.54, 1.807) is 11.3 Å². The molecule has 0 aliphatic heterocycles. The highest BCUT2D eigenvalue weighted by Gasteiger charge is 2.16. The Bertz CT molecular complexity index is 2750. The van der Waals surface area contributed by atoms with E-state index < -0.39 is 0 Å². The molecule has 2 aromatic heterocycles. The van der Waals surface area contributed by atoms with E-state index in [4.69, 9.17) is 15.0 Å². The maximum atomic E-state index is 9.37. The van der Waals surface area contributed by atoms with Crippen LogP contribution in [0, 0.1) is 11.3 Å². The van der Waals surface area contributed by atoms with Crippen LogP contribution in [0.15, 0.2) is 170 Å². The third-order valence-electron chi connectivity index (χ3n) is 9.17. The van der Waals surface area contributed by atoms with Gasteiger partial charge in [-0.15, -0.1) is 11.3 Å². The Morgan fingerprint density at radius 2 is 0.922 bits per heavy atom. The largest absolute Gasteiger partial charge is 0.208 e. The van der Waals surface area contributed by atoms with Crippen molar-refractivity contribution in [2.75, 3.05) is 0 Å². The van der Waals surface area contributed by atoms with Crippen molar-refractivity contribution in [1.82, 2.24) is 15.0 Å². The molecule has 7 aromatic carbocycles. The summed E-state index contributed by atoms with van der Waals surface area (Å²) in [7, 11) is 0. The highest BCUT2D eigenvalue weighted by Crippen LogP contribution is 2.42. The van der Waals surface area contributed by atoms with Crippen LogP contribution >= 0.6 is 11.3 Å². The summed E-state index contributed by atoms with van der Waals surface area (Å²) in [5.74, 6) is 1.85. The SMILES string of the molecule is N#Cc1cccc(-c2ccc(-c3nc(-c4ccccc4)nc(-c4ccc5c(c4)sc4cccc(-c6cccc(-c7ccccc7)c6)c45)n3)cc2)c1. The zero-order valence-electron chi connectivity index (χ0n) is 27.4. The Morgan fingerprint density at radius 3 is 1.65 bits per heavy atom. The zero-order chi connectivity index (χ0) is 34.1. The summed E-state index contributed by atoms with van der Waals surface area (Å²) in [6.07, 6.45) is 0. The first-order valence-corrected chi connectivity index (χ1v) is 17.6. The van der Waals surface area contributed by atoms with Gasteiger partial charge in [-0.2, -0.15) is 5.26 Å². The summed E-state index contributed by atoms with van der Waals surface area (Å²) in [5.41, 5.74) is 10.2. The topological polar surface area (TPSA) is 62.5 Å². The third-order valence-corrected chi connectivity index (χ3v) is 10.3. The Hall–Kier alpha value is -6.74. The van der Waals surface area contributed by atoms with Crippen molar-refractivity contribution < 1.29 is 0 Å². The predicted molar refractivity (Wildman–Crippen MR) is 210 cm³/mol. The van der Waals surface area contributed by atoms with Gasteiger partial charge in [0.1, 0.15) is 0 Å². The van der Waals surface area contributed by atoms with E-state index in [0.29, 0.717) is 23.0 Å². The van der Waals surface area contributed by atoms with Crippen molar-refractivity contribution in [3.63, 3.8) is 0 Å². The summed E-state index contributed by atoms with van der Waals surface area (Å²) in [4.78, 5) is 15.0. The van der Waals surface area contributed by atoms with Crippen LogP contribution in [0.25, 0.3) is 87.7 Å². The minimum Gasteiger partial charge on any atom is -0.208 e. The summed E-state index contributed by atoms with van der Waals surface area (Å²) in [5, 5.41) is 11.8. The smallest absolute Gasteiger partial charge is 0.164 e. The van der Waals surface area contributed by atoms with E-state index in [2.05, 4.69) is 97.1 Å². The average Bonchev–Trinajstić information content (AvgIpc) is 3.60. The summed E-state index contributed by atoms with van der Waals surface area (Å²) in [6, 6.07) is 60.5. The van der Waals surface area contributed by atoms with Gasteiger partial charge in [0, 0.05) is 36.9 Å². The predicted octanol–water partition coefficient (Wildman–Crippen LogP) is 12.1. The fourth-order valence-electron chi connectivity index (χ4n) is 6.63. The number of thiophene rings is 1. The van der Waals surface area contributed by atoms with Gasteiger partial charge >= 0.3 is 0 Å². The Morgan fingerprint density at radius 1 is 0.392 bits per heavy atom. The van der Waals surface area contributed by atoms with E-state index >= 15 is 0 Å². The molecule has 0 amide bonds. The van der Waals surface area contributed by atoms with Gasteiger partial charge in [-0.1, -0.05) is 140 Å². The normalized spacial score (nSPS) is 11.1. The second kappa shape index (κ2) is 12.9.